The summed E-state index contributed by atoms with van der Waals surface area (Å²) in [6.07, 6.45) is 0.266. The van der Waals surface area contributed by atoms with Crippen molar-refractivity contribution in [1.29, 1.82) is 0 Å². The Bertz CT molecular complexity index is 552. The second-order valence-corrected chi connectivity index (χ2v) is 3.07. The van der Waals surface area contributed by atoms with Crippen LogP contribution in [0.15, 0.2) is 18.3 Å². The van der Waals surface area contributed by atoms with Crippen molar-refractivity contribution in [2.24, 2.45) is 0 Å². The predicted octanol–water partition coefficient (Wildman–Crippen LogP) is 0.808. The number of aromatic carboxylic acids is 1. The van der Waals surface area contributed by atoms with Gasteiger partial charge in [-0.25, -0.2) is 14.5 Å². The Labute approximate surface area is 89.4 Å². The lowest BCUT2D eigenvalue weighted by molar-refractivity contribution is 0.0686. The van der Waals surface area contributed by atoms with E-state index < -0.39 is 12.0 Å². The minimum absolute atomic E-state index is 0.0735. The minimum atomic E-state index is -1.15. The van der Waals surface area contributed by atoms with Gasteiger partial charge in [-0.2, -0.15) is 14.5 Å². The normalized spacial score (nSPS) is 10.4. The molecule has 0 bridgehead atoms. The second kappa shape index (κ2) is 3.69. The van der Waals surface area contributed by atoms with E-state index in [4.69, 9.17) is 5.11 Å². The van der Waals surface area contributed by atoms with Crippen LogP contribution in [-0.2, 0) is 0 Å². The van der Waals surface area contributed by atoms with Crippen molar-refractivity contribution in [3.05, 3.63) is 35.8 Å². The van der Waals surface area contributed by atoms with Crippen molar-refractivity contribution in [3.8, 4) is 5.82 Å². The maximum Gasteiger partial charge on any atom is 0.354 e. The number of aromatic nitrogens is 4. The predicted molar refractivity (Wildman–Crippen MR) is 50.8 cm³/mol. The zero-order valence-corrected chi connectivity index (χ0v) is 8.25. The molecule has 0 fully saturated rings. The zero-order chi connectivity index (χ0) is 11.7. The van der Waals surface area contributed by atoms with Gasteiger partial charge in [-0.05, 0) is 13.0 Å². The number of nitrogens with zero attached hydrogens (tertiary/aromatic N) is 4. The molecule has 0 aliphatic carbocycles. The quantitative estimate of drug-likeness (QED) is 0.760. The van der Waals surface area contributed by atoms with Crippen LogP contribution in [0.2, 0.25) is 0 Å². The van der Waals surface area contributed by atoms with Crippen molar-refractivity contribution >= 4 is 5.97 Å². The molecule has 0 amide bonds. The van der Waals surface area contributed by atoms with Crippen LogP contribution in [0.3, 0.4) is 0 Å². The Kier molecular flexibility index (Phi) is 2.35. The van der Waals surface area contributed by atoms with Crippen LogP contribution in [0.4, 0.5) is 4.39 Å². The average Bonchev–Trinajstić information content (AvgIpc) is 2.60. The SMILES string of the molecule is Cc1cc(C(=O)O)n(-c2ccnc(F)n2)n1. The van der Waals surface area contributed by atoms with E-state index in [2.05, 4.69) is 15.1 Å². The van der Waals surface area contributed by atoms with Gasteiger partial charge < -0.3 is 5.11 Å². The summed E-state index contributed by atoms with van der Waals surface area (Å²) >= 11 is 0. The number of hydrogen-bond donors (Lipinski definition) is 1. The third-order valence-electron chi connectivity index (χ3n) is 1.88. The highest BCUT2D eigenvalue weighted by Crippen LogP contribution is 2.10. The molecule has 0 radical (unpaired) electrons. The standard InChI is InChI=1S/C9H7FN4O2/c1-5-4-6(8(15)16)14(13-5)7-2-3-11-9(10)12-7/h2-4H,1H3,(H,15,16). The Morgan fingerprint density at radius 2 is 2.31 bits per heavy atom. The maximum absolute atomic E-state index is 12.8. The minimum Gasteiger partial charge on any atom is -0.477 e. The van der Waals surface area contributed by atoms with Gasteiger partial charge in [0.1, 0.15) is 0 Å². The van der Waals surface area contributed by atoms with E-state index in [0.29, 0.717) is 5.69 Å². The molecule has 0 aliphatic heterocycles. The Morgan fingerprint density at radius 1 is 1.56 bits per heavy atom. The lowest BCUT2D eigenvalue weighted by Crippen LogP contribution is -2.10. The van der Waals surface area contributed by atoms with Crippen LogP contribution in [0.1, 0.15) is 16.2 Å². The fourth-order valence-electron chi connectivity index (χ4n) is 1.27. The highest BCUT2D eigenvalue weighted by molar-refractivity contribution is 5.86. The molecular weight excluding hydrogens is 215 g/mol. The van der Waals surface area contributed by atoms with E-state index in [-0.39, 0.29) is 11.5 Å². The smallest absolute Gasteiger partial charge is 0.354 e. The van der Waals surface area contributed by atoms with Crippen LogP contribution in [0, 0.1) is 13.0 Å². The van der Waals surface area contributed by atoms with Crippen molar-refractivity contribution in [3.63, 3.8) is 0 Å². The van der Waals surface area contributed by atoms with Gasteiger partial charge in [0.2, 0.25) is 0 Å². The van der Waals surface area contributed by atoms with Crippen LogP contribution in [0.5, 0.6) is 0 Å². The summed E-state index contributed by atoms with van der Waals surface area (Å²) in [4.78, 5) is 17.6. The molecule has 0 saturated heterocycles. The lowest BCUT2D eigenvalue weighted by Gasteiger charge is -2.01. The number of carboxylic acid groups (broad SMARTS) is 1. The van der Waals surface area contributed by atoms with E-state index in [9.17, 15) is 9.18 Å². The second-order valence-electron chi connectivity index (χ2n) is 3.07. The molecule has 2 heterocycles. The third kappa shape index (κ3) is 1.74. The molecule has 1 N–H and O–H groups in total. The van der Waals surface area contributed by atoms with Gasteiger partial charge in [-0.1, -0.05) is 0 Å². The van der Waals surface area contributed by atoms with E-state index in [1.807, 2.05) is 0 Å². The first-order valence-corrected chi connectivity index (χ1v) is 4.37. The summed E-state index contributed by atoms with van der Waals surface area (Å²) in [7, 11) is 0. The zero-order valence-electron chi connectivity index (χ0n) is 8.25. The molecular formula is C9H7FN4O2. The van der Waals surface area contributed by atoms with Gasteiger partial charge >= 0.3 is 12.0 Å². The molecule has 0 aliphatic rings. The molecule has 16 heavy (non-hydrogen) atoms. The number of aryl methyl sites for hydroxylation is 1. The Balaban J connectivity index is 2.59. The molecule has 0 atom stereocenters. The monoisotopic (exact) mass is 222 g/mol. The summed E-state index contributed by atoms with van der Waals surface area (Å²) < 4.78 is 13.8. The first-order chi connectivity index (χ1) is 7.58. The van der Waals surface area contributed by atoms with E-state index in [0.717, 1.165) is 4.68 Å². The molecule has 0 spiro atoms. The van der Waals surface area contributed by atoms with Crippen LogP contribution in [-0.4, -0.2) is 30.8 Å². The number of halogens is 1. The molecule has 2 rings (SSSR count). The first kappa shape index (κ1) is 10.2. The molecule has 6 nitrogen and oxygen atoms in total. The molecule has 0 unspecified atom stereocenters. The van der Waals surface area contributed by atoms with Crippen molar-refractivity contribution in [2.45, 2.75) is 6.92 Å². The highest BCUT2D eigenvalue weighted by Gasteiger charge is 2.15. The first-order valence-electron chi connectivity index (χ1n) is 4.37. The van der Waals surface area contributed by atoms with Gasteiger partial charge in [0.05, 0.1) is 5.69 Å². The fourth-order valence-corrected chi connectivity index (χ4v) is 1.27. The van der Waals surface area contributed by atoms with Crippen LogP contribution >= 0.6 is 0 Å². The summed E-state index contributed by atoms with van der Waals surface area (Å²) in [5.74, 6) is -1.07. The van der Waals surface area contributed by atoms with E-state index in [1.54, 1.807) is 6.92 Å². The number of rotatable bonds is 2. The summed E-state index contributed by atoms with van der Waals surface area (Å²) in [5, 5.41) is 12.8. The summed E-state index contributed by atoms with van der Waals surface area (Å²) in [6, 6.07) is 2.75. The maximum atomic E-state index is 12.8. The Morgan fingerprint density at radius 3 is 2.94 bits per heavy atom. The average molecular weight is 222 g/mol. The third-order valence-corrected chi connectivity index (χ3v) is 1.88. The lowest BCUT2D eigenvalue weighted by atomic mass is 10.4. The summed E-state index contributed by atoms with van der Waals surface area (Å²) in [5.41, 5.74) is 0.437. The van der Waals surface area contributed by atoms with E-state index >= 15 is 0 Å². The van der Waals surface area contributed by atoms with E-state index in [1.165, 1.54) is 18.3 Å². The van der Waals surface area contributed by atoms with Crippen molar-refractivity contribution < 1.29 is 14.3 Å². The summed E-state index contributed by atoms with van der Waals surface area (Å²) in [6.45, 7) is 1.64. The van der Waals surface area contributed by atoms with Crippen LogP contribution in [0.25, 0.3) is 5.82 Å². The molecule has 0 aromatic carbocycles. The highest BCUT2D eigenvalue weighted by atomic mass is 19.1. The number of carbonyl (C=O) groups is 1. The van der Waals surface area contributed by atoms with Gasteiger partial charge in [0.15, 0.2) is 11.5 Å². The van der Waals surface area contributed by atoms with Gasteiger partial charge in [-0.3, -0.25) is 0 Å². The van der Waals surface area contributed by atoms with Crippen LogP contribution < -0.4 is 0 Å². The molecule has 2 aromatic rings. The largest absolute Gasteiger partial charge is 0.477 e. The fraction of sp³-hybridized carbons (Fsp3) is 0.111. The topological polar surface area (TPSA) is 80.9 Å². The molecule has 2 aromatic heterocycles. The number of carboxylic acids is 1. The van der Waals surface area contributed by atoms with Crippen molar-refractivity contribution in [1.82, 2.24) is 19.7 Å². The van der Waals surface area contributed by atoms with Gasteiger partial charge in [0, 0.05) is 12.3 Å². The molecule has 0 saturated carbocycles. The Hall–Kier alpha value is -2.31. The van der Waals surface area contributed by atoms with Crippen molar-refractivity contribution in [2.75, 3.05) is 0 Å². The molecule has 7 heteroatoms. The number of hydrogen-bond acceptors (Lipinski definition) is 4. The molecule has 82 valence electrons. The van der Waals surface area contributed by atoms with Gasteiger partial charge in [0.25, 0.3) is 0 Å². The van der Waals surface area contributed by atoms with Gasteiger partial charge in [-0.15, -0.1) is 0 Å².